The molecule has 0 aromatic rings. The normalized spacial score (nSPS) is 14.1. The summed E-state index contributed by atoms with van der Waals surface area (Å²) in [5, 5.41) is 10.6. The molecular weight excluding hydrogens is 1210 g/mol. The molecule has 92 heavy (non-hydrogen) atoms. The van der Waals surface area contributed by atoms with E-state index in [0.29, 0.717) is 31.6 Å². The minimum absolute atomic E-state index is 0.103. The molecule has 0 saturated heterocycles. The van der Waals surface area contributed by atoms with Crippen LogP contribution in [0.15, 0.2) is 0 Å². The van der Waals surface area contributed by atoms with Gasteiger partial charge in [0.1, 0.15) is 19.3 Å². The molecule has 0 spiro atoms. The Labute approximate surface area is 562 Å². The van der Waals surface area contributed by atoms with Gasteiger partial charge in [-0.15, -0.1) is 0 Å². The first kappa shape index (κ1) is 90.1. The molecule has 0 aliphatic rings. The smallest absolute Gasteiger partial charge is 0.462 e. The van der Waals surface area contributed by atoms with Crippen molar-refractivity contribution >= 4 is 39.5 Å². The van der Waals surface area contributed by atoms with Crippen LogP contribution in [0.4, 0.5) is 0 Å². The average Bonchev–Trinajstić information content (AvgIpc) is 2.25. The third-order valence-corrected chi connectivity index (χ3v) is 18.8. The number of rotatable bonds is 71. The number of phosphoric acid groups is 2. The molecule has 5 atom stereocenters. The van der Waals surface area contributed by atoms with Crippen molar-refractivity contribution in [3.63, 3.8) is 0 Å². The number of esters is 4. The van der Waals surface area contributed by atoms with Gasteiger partial charge in [0.25, 0.3) is 0 Å². The van der Waals surface area contributed by atoms with E-state index < -0.39 is 97.5 Å². The summed E-state index contributed by atoms with van der Waals surface area (Å²) in [5.41, 5.74) is 0. The van der Waals surface area contributed by atoms with E-state index in [-0.39, 0.29) is 25.7 Å². The van der Waals surface area contributed by atoms with Crippen LogP contribution in [-0.2, 0) is 65.4 Å². The summed E-state index contributed by atoms with van der Waals surface area (Å²) in [4.78, 5) is 72.6. The van der Waals surface area contributed by atoms with E-state index in [1.807, 2.05) is 0 Å². The lowest BCUT2D eigenvalue weighted by Gasteiger charge is -2.21. The highest BCUT2D eigenvalue weighted by molar-refractivity contribution is 7.47. The molecule has 3 N–H and O–H groups in total. The van der Waals surface area contributed by atoms with Crippen molar-refractivity contribution < 1.29 is 80.2 Å². The predicted octanol–water partition coefficient (Wildman–Crippen LogP) is 21.0. The molecule has 2 unspecified atom stereocenters. The van der Waals surface area contributed by atoms with E-state index in [1.165, 1.54) is 180 Å². The molecule has 17 nitrogen and oxygen atoms in total. The van der Waals surface area contributed by atoms with Crippen molar-refractivity contribution in [2.75, 3.05) is 39.6 Å². The van der Waals surface area contributed by atoms with E-state index in [1.54, 1.807) is 0 Å². The minimum Gasteiger partial charge on any atom is -0.462 e. The van der Waals surface area contributed by atoms with Crippen LogP contribution in [0.25, 0.3) is 0 Å². The zero-order chi connectivity index (χ0) is 68.0. The minimum atomic E-state index is -4.96. The van der Waals surface area contributed by atoms with Crippen LogP contribution in [-0.4, -0.2) is 96.7 Å². The van der Waals surface area contributed by atoms with Crippen molar-refractivity contribution in [2.24, 2.45) is 17.8 Å². The molecule has 0 aromatic heterocycles. The molecule has 0 aromatic carbocycles. The number of carbonyl (C=O) groups excluding carboxylic acids is 4. The monoisotopic (exact) mass is 1350 g/mol. The lowest BCUT2D eigenvalue weighted by molar-refractivity contribution is -0.161. The molecule has 19 heteroatoms. The van der Waals surface area contributed by atoms with Gasteiger partial charge in [0, 0.05) is 25.7 Å². The van der Waals surface area contributed by atoms with Gasteiger partial charge >= 0.3 is 39.5 Å². The van der Waals surface area contributed by atoms with Gasteiger partial charge in [-0.3, -0.25) is 37.3 Å². The van der Waals surface area contributed by atoms with E-state index in [2.05, 4.69) is 48.5 Å². The lowest BCUT2D eigenvalue weighted by atomic mass is 10.0. The molecule has 0 bridgehead atoms. The molecule has 0 aliphatic heterocycles. The lowest BCUT2D eigenvalue weighted by Crippen LogP contribution is -2.30. The second kappa shape index (κ2) is 63.8. The van der Waals surface area contributed by atoms with E-state index in [9.17, 15) is 43.2 Å². The molecule has 0 rings (SSSR count). The molecular formula is C73H142O17P2. The maximum absolute atomic E-state index is 13.1. The van der Waals surface area contributed by atoms with Crippen molar-refractivity contribution in [1.82, 2.24) is 0 Å². The van der Waals surface area contributed by atoms with Gasteiger partial charge in [-0.2, -0.15) is 0 Å². The van der Waals surface area contributed by atoms with Gasteiger partial charge in [-0.1, -0.05) is 318 Å². The van der Waals surface area contributed by atoms with Crippen LogP contribution < -0.4 is 0 Å². The molecule has 0 radical (unpaired) electrons. The van der Waals surface area contributed by atoms with Crippen LogP contribution in [0.5, 0.6) is 0 Å². The number of carbonyl (C=O) groups is 4. The quantitative estimate of drug-likeness (QED) is 0.0222. The number of aliphatic hydroxyl groups excluding tert-OH is 1. The topological polar surface area (TPSA) is 237 Å². The summed E-state index contributed by atoms with van der Waals surface area (Å²) in [5.74, 6) is 0.155. The predicted molar refractivity (Wildman–Crippen MR) is 372 cm³/mol. The number of phosphoric ester groups is 2. The van der Waals surface area contributed by atoms with Crippen molar-refractivity contribution in [1.29, 1.82) is 0 Å². The second-order valence-electron chi connectivity index (χ2n) is 27.8. The first-order chi connectivity index (χ1) is 44.2. The Bertz CT molecular complexity index is 1800. The molecule has 0 aliphatic carbocycles. The first-order valence-corrected chi connectivity index (χ1v) is 40.8. The number of hydrogen-bond donors (Lipinski definition) is 3. The molecule has 0 saturated carbocycles. The Morgan fingerprint density at radius 3 is 0.739 bits per heavy atom. The van der Waals surface area contributed by atoms with Gasteiger partial charge in [0.15, 0.2) is 12.2 Å². The highest BCUT2D eigenvalue weighted by atomic mass is 31.2. The summed E-state index contributed by atoms with van der Waals surface area (Å²) in [6.45, 7) is 11.8. The summed E-state index contributed by atoms with van der Waals surface area (Å²) >= 11 is 0. The van der Waals surface area contributed by atoms with Crippen LogP contribution >= 0.6 is 15.6 Å². The van der Waals surface area contributed by atoms with Gasteiger partial charge < -0.3 is 33.8 Å². The van der Waals surface area contributed by atoms with Gasteiger partial charge in [-0.05, 0) is 43.4 Å². The van der Waals surface area contributed by atoms with Crippen molar-refractivity contribution in [3.8, 4) is 0 Å². The zero-order valence-electron chi connectivity index (χ0n) is 60.0. The molecule has 0 amide bonds. The highest BCUT2D eigenvalue weighted by Crippen LogP contribution is 2.45. The third-order valence-electron chi connectivity index (χ3n) is 16.9. The Hall–Kier alpha value is -1.94. The van der Waals surface area contributed by atoms with Crippen molar-refractivity contribution in [2.45, 2.75) is 388 Å². The maximum atomic E-state index is 13.1. The van der Waals surface area contributed by atoms with Crippen molar-refractivity contribution in [3.05, 3.63) is 0 Å². The van der Waals surface area contributed by atoms with Crippen LogP contribution in [0.3, 0.4) is 0 Å². The van der Waals surface area contributed by atoms with Crippen LogP contribution in [0.1, 0.15) is 370 Å². The van der Waals surface area contributed by atoms with E-state index >= 15 is 0 Å². The molecule has 0 fully saturated rings. The zero-order valence-corrected chi connectivity index (χ0v) is 61.8. The molecule has 0 heterocycles. The maximum Gasteiger partial charge on any atom is 0.472 e. The van der Waals surface area contributed by atoms with E-state index in [0.717, 1.165) is 102 Å². The largest absolute Gasteiger partial charge is 0.472 e. The number of unbranched alkanes of at least 4 members (excludes halogenated alkanes) is 39. The standard InChI is InChI=1S/C73H142O17P2/c1-8-9-10-11-12-24-33-40-47-54-70(75)83-61-69(90-73(78)57-50-43-36-29-32-39-46-53-66(6)7)63-88-92(81,82)86-59-67(74)58-85-91(79,80)87-62-68(60-84-71(76)55-48-41-34-27-22-19-18-21-26-31-38-45-52-65(4)5)89-72(77)56-49-42-35-28-23-17-15-13-14-16-20-25-30-37-44-51-64(2)3/h64-69,74H,8-63H2,1-7H3,(H,79,80)(H,81,82)/t67-,68-,69-/m1/s1. The fraction of sp³-hybridized carbons (Fsp3) is 0.945. The summed E-state index contributed by atoms with van der Waals surface area (Å²) < 4.78 is 68.3. The number of aliphatic hydroxyl groups is 1. The van der Waals surface area contributed by atoms with E-state index in [4.69, 9.17) is 37.0 Å². The van der Waals surface area contributed by atoms with Crippen LogP contribution in [0, 0.1) is 17.8 Å². The Morgan fingerprint density at radius 2 is 0.500 bits per heavy atom. The fourth-order valence-electron chi connectivity index (χ4n) is 11.1. The second-order valence-corrected chi connectivity index (χ2v) is 30.7. The third kappa shape index (κ3) is 66.7. The Kier molecular flexibility index (Phi) is 62.4. The number of hydrogen-bond acceptors (Lipinski definition) is 15. The summed E-state index contributed by atoms with van der Waals surface area (Å²) in [6.07, 6.45) is 48.7. The highest BCUT2D eigenvalue weighted by Gasteiger charge is 2.30. The summed E-state index contributed by atoms with van der Waals surface area (Å²) in [7, 11) is -9.90. The number of ether oxygens (including phenoxy) is 4. The molecule has 546 valence electrons. The first-order valence-electron chi connectivity index (χ1n) is 37.8. The van der Waals surface area contributed by atoms with Gasteiger partial charge in [0.2, 0.25) is 0 Å². The Morgan fingerprint density at radius 1 is 0.293 bits per heavy atom. The fourth-order valence-corrected chi connectivity index (χ4v) is 12.7. The van der Waals surface area contributed by atoms with Gasteiger partial charge in [0.05, 0.1) is 26.4 Å². The van der Waals surface area contributed by atoms with Gasteiger partial charge in [-0.25, -0.2) is 9.13 Å². The average molecular weight is 1350 g/mol. The SMILES string of the molecule is CCCCCCCCCCCC(=O)OC[C@H](COP(=O)(O)OC[C@H](O)COP(=O)(O)OC[C@@H](COC(=O)CCCCCCCCCCCCCCC(C)C)OC(=O)CCCCCCCCCCCCCCCCCC(C)C)OC(=O)CCCCCCCCCC(C)C. The van der Waals surface area contributed by atoms with Crippen LogP contribution in [0.2, 0.25) is 0 Å². The Balaban J connectivity index is 5.22. The summed E-state index contributed by atoms with van der Waals surface area (Å²) in [6, 6.07) is 0.